The molecule has 118 valence electrons. The lowest BCUT2D eigenvalue weighted by Gasteiger charge is -2.32. The molecule has 1 atom stereocenters. The first kappa shape index (κ1) is 14.6. The fourth-order valence-electron chi connectivity index (χ4n) is 2.60. The highest BCUT2D eigenvalue weighted by molar-refractivity contribution is 5.79. The van der Waals surface area contributed by atoms with Crippen molar-refractivity contribution in [3.05, 3.63) is 23.8 Å². The molecule has 2 heterocycles. The number of benzene rings is 1. The first-order chi connectivity index (χ1) is 10.6. The molecule has 1 unspecified atom stereocenters. The number of morpholine rings is 1. The Morgan fingerprint density at radius 1 is 1.27 bits per heavy atom. The van der Waals surface area contributed by atoms with Crippen molar-refractivity contribution in [2.75, 3.05) is 26.5 Å². The number of ether oxygens (including phenoxy) is 3. The number of aliphatic carboxylic acids is 1. The van der Waals surface area contributed by atoms with Gasteiger partial charge in [-0.1, -0.05) is 6.07 Å². The Bertz CT molecular complexity index is 587. The predicted molar refractivity (Wildman–Crippen MR) is 74.8 cm³/mol. The molecule has 1 aromatic carbocycles. The van der Waals surface area contributed by atoms with Gasteiger partial charge in [-0.3, -0.25) is 9.59 Å². The summed E-state index contributed by atoms with van der Waals surface area (Å²) in [5, 5.41) is 8.81. The molecular weight excluding hydrogens is 290 g/mol. The molecule has 1 fully saturated rings. The van der Waals surface area contributed by atoms with Gasteiger partial charge < -0.3 is 24.2 Å². The Hall–Kier alpha value is -2.28. The van der Waals surface area contributed by atoms with Crippen molar-refractivity contribution in [2.24, 2.45) is 0 Å². The molecule has 0 aromatic heterocycles. The molecule has 0 saturated carbocycles. The maximum absolute atomic E-state index is 12.3. The highest BCUT2D eigenvalue weighted by Gasteiger charge is 2.26. The summed E-state index contributed by atoms with van der Waals surface area (Å²) in [6.45, 7) is 1.37. The van der Waals surface area contributed by atoms with Crippen molar-refractivity contribution in [3.63, 3.8) is 0 Å². The number of rotatable bonds is 4. The summed E-state index contributed by atoms with van der Waals surface area (Å²) in [6, 6.07) is 5.42. The molecule has 3 rings (SSSR count). The van der Waals surface area contributed by atoms with E-state index in [1.165, 1.54) is 0 Å². The van der Waals surface area contributed by atoms with Gasteiger partial charge in [0.1, 0.15) is 0 Å². The molecule has 0 aliphatic carbocycles. The van der Waals surface area contributed by atoms with Crippen LogP contribution in [0.25, 0.3) is 0 Å². The van der Waals surface area contributed by atoms with Crippen LogP contribution in [0.15, 0.2) is 18.2 Å². The molecule has 1 aromatic rings. The average molecular weight is 307 g/mol. The van der Waals surface area contributed by atoms with Crippen LogP contribution in [0.2, 0.25) is 0 Å². The maximum Gasteiger partial charge on any atom is 0.306 e. The van der Waals surface area contributed by atoms with Gasteiger partial charge >= 0.3 is 5.97 Å². The minimum absolute atomic E-state index is 0.0439. The van der Waals surface area contributed by atoms with Gasteiger partial charge in [0.05, 0.1) is 25.6 Å². The zero-order valence-electron chi connectivity index (χ0n) is 12.0. The lowest BCUT2D eigenvalue weighted by molar-refractivity contribution is -0.147. The van der Waals surface area contributed by atoms with Gasteiger partial charge in [-0.05, 0) is 17.7 Å². The minimum atomic E-state index is -0.921. The van der Waals surface area contributed by atoms with Crippen LogP contribution in [0.4, 0.5) is 0 Å². The van der Waals surface area contributed by atoms with E-state index in [2.05, 4.69) is 0 Å². The highest BCUT2D eigenvalue weighted by atomic mass is 16.7. The van der Waals surface area contributed by atoms with E-state index in [9.17, 15) is 9.59 Å². The van der Waals surface area contributed by atoms with Crippen LogP contribution in [0, 0.1) is 0 Å². The zero-order valence-corrected chi connectivity index (χ0v) is 12.0. The first-order valence-electron chi connectivity index (χ1n) is 7.11. The van der Waals surface area contributed by atoms with Crippen molar-refractivity contribution in [3.8, 4) is 11.5 Å². The lowest BCUT2D eigenvalue weighted by Crippen LogP contribution is -2.46. The van der Waals surface area contributed by atoms with Crippen LogP contribution in [-0.4, -0.2) is 54.5 Å². The second-order valence-corrected chi connectivity index (χ2v) is 5.29. The van der Waals surface area contributed by atoms with Crippen LogP contribution in [-0.2, 0) is 20.7 Å². The van der Waals surface area contributed by atoms with Crippen LogP contribution < -0.4 is 9.47 Å². The fourth-order valence-corrected chi connectivity index (χ4v) is 2.60. The van der Waals surface area contributed by atoms with Crippen molar-refractivity contribution < 1.29 is 28.9 Å². The van der Waals surface area contributed by atoms with E-state index in [0.717, 1.165) is 5.56 Å². The molecular formula is C15H17NO6. The summed E-state index contributed by atoms with van der Waals surface area (Å²) < 4.78 is 15.9. The molecule has 2 aliphatic heterocycles. The number of carboxylic acid groups (broad SMARTS) is 1. The van der Waals surface area contributed by atoms with E-state index in [-0.39, 0.29) is 25.5 Å². The number of hydrogen-bond acceptors (Lipinski definition) is 5. The number of amides is 1. The van der Waals surface area contributed by atoms with Crippen molar-refractivity contribution in [2.45, 2.75) is 18.9 Å². The Balaban J connectivity index is 1.60. The third-order valence-electron chi connectivity index (χ3n) is 3.69. The second-order valence-electron chi connectivity index (χ2n) is 5.29. The van der Waals surface area contributed by atoms with Crippen LogP contribution in [0.3, 0.4) is 0 Å². The topological polar surface area (TPSA) is 85.3 Å². The van der Waals surface area contributed by atoms with Crippen LogP contribution in [0.5, 0.6) is 11.5 Å². The third-order valence-corrected chi connectivity index (χ3v) is 3.69. The number of carbonyl (C=O) groups is 2. The third kappa shape index (κ3) is 3.30. The van der Waals surface area contributed by atoms with Crippen molar-refractivity contribution >= 4 is 11.9 Å². The quantitative estimate of drug-likeness (QED) is 0.879. The van der Waals surface area contributed by atoms with E-state index in [1.807, 2.05) is 6.07 Å². The van der Waals surface area contributed by atoms with Crippen LogP contribution >= 0.6 is 0 Å². The van der Waals surface area contributed by atoms with Gasteiger partial charge in [0, 0.05) is 13.1 Å². The van der Waals surface area contributed by atoms with E-state index in [4.69, 9.17) is 19.3 Å². The number of hydrogen-bond donors (Lipinski definition) is 1. The molecule has 7 nitrogen and oxygen atoms in total. The summed E-state index contributed by atoms with van der Waals surface area (Å²) in [6.07, 6.45) is -0.281. The van der Waals surface area contributed by atoms with Gasteiger partial charge in [-0.15, -0.1) is 0 Å². The molecule has 1 saturated heterocycles. The van der Waals surface area contributed by atoms with E-state index >= 15 is 0 Å². The molecule has 7 heteroatoms. The molecule has 1 amide bonds. The number of carbonyl (C=O) groups excluding carboxylic acids is 1. The zero-order chi connectivity index (χ0) is 15.5. The Morgan fingerprint density at radius 3 is 2.91 bits per heavy atom. The average Bonchev–Trinajstić information content (AvgIpc) is 2.94. The van der Waals surface area contributed by atoms with Gasteiger partial charge in [0.2, 0.25) is 12.7 Å². The summed E-state index contributed by atoms with van der Waals surface area (Å²) in [4.78, 5) is 24.7. The Labute approximate surface area is 127 Å². The maximum atomic E-state index is 12.3. The largest absolute Gasteiger partial charge is 0.481 e. The summed E-state index contributed by atoms with van der Waals surface area (Å²) in [7, 11) is 0. The van der Waals surface area contributed by atoms with Gasteiger partial charge in [0.25, 0.3) is 0 Å². The van der Waals surface area contributed by atoms with E-state index in [0.29, 0.717) is 31.2 Å². The monoisotopic (exact) mass is 307 g/mol. The number of nitrogens with zero attached hydrogens (tertiary/aromatic N) is 1. The summed E-state index contributed by atoms with van der Waals surface area (Å²) >= 11 is 0. The molecule has 22 heavy (non-hydrogen) atoms. The highest BCUT2D eigenvalue weighted by Crippen LogP contribution is 2.32. The fraction of sp³-hybridized carbons (Fsp3) is 0.467. The minimum Gasteiger partial charge on any atom is -0.481 e. The molecule has 0 bridgehead atoms. The number of fused-ring (bicyclic) bond motifs is 1. The standard InChI is InChI=1S/C15H17NO6/c17-14(16-3-4-20-11(8-16)7-15(18)19)6-10-1-2-12-13(5-10)22-9-21-12/h1-2,5,11H,3-4,6-9H2,(H,18,19). The normalized spacial score (nSPS) is 20.0. The second kappa shape index (κ2) is 6.23. The van der Waals surface area contributed by atoms with Crippen molar-refractivity contribution in [1.29, 1.82) is 0 Å². The molecule has 0 spiro atoms. The van der Waals surface area contributed by atoms with Crippen LogP contribution in [0.1, 0.15) is 12.0 Å². The lowest BCUT2D eigenvalue weighted by atomic mass is 10.1. The first-order valence-corrected chi connectivity index (χ1v) is 7.11. The SMILES string of the molecule is O=C(O)CC1CN(C(=O)Cc2ccc3c(c2)OCO3)CCO1. The predicted octanol–water partition coefficient (Wildman–Crippen LogP) is 0.660. The van der Waals surface area contributed by atoms with E-state index in [1.54, 1.807) is 17.0 Å². The number of carboxylic acids is 1. The Kier molecular flexibility index (Phi) is 4.15. The van der Waals surface area contributed by atoms with E-state index < -0.39 is 12.1 Å². The summed E-state index contributed by atoms with van der Waals surface area (Å²) in [5.41, 5.74) is 0.843. The Morgan fingerprint density at radius 2 is 2.09 bits per heavy atom. The molecule has 2 aliphatic rings. The van der Waals surface area contributed by atoms with Gasteiger partial charge in [-0.25, -0.2) is 0 Å². The molecule has 1 N–H and O–H groups in total. The van der Waals surface area contributed by atoms with Gasteiger partial charge in [0.15, 0.2) is 11.5 Å². The molecule has 0 radical (unpaired) electrons. The summed E-state index contributed by atoms with van der Waals surface area (Å²) in [5.74, 6) is 0.368. The van der Waals surface area contributed by atoms with Crippen molar-refractivity contribution in [1.82, 2.24) is 4.90 Å². The van der Waals surface area contributed by atoms with Gasteiger partial charge in [-0.2, -0.15) is 0 Å². The smallest absolute Gasteiger partial charge is 0.306 e.